The topological polar surface area (TPSA) is 79.0 Å². The Labute approximate surface area is 208 Å². The lowest BCUT2D eigenvalue weighted by atomic mass is 9.85. The molecule has 0 bridgehead atoms. The molecule has 0 radical (unpaired) electrons. The van der Waals surface area contributed by atoms with E-state index in [0.717, 1.165) is 0 Å². The summed E-state index contributed by atoms with van der Waals surface area (Å²) in [5.74, 6) is -2.10. The van der Waals surface area contributed by atoms with Gasteiger partial charge >= 0.3 is 6.18 Å². The predicted octanol–water partition coefficient (Wildman–Crippen LogP) is 7.00. The number of hydrogen-bond donors (Lipinski definition) is 3. The van der Waals surface area contributed by atoms with Gasteiger partial charge in [0.1, 0.15) is 5.75 Å². The Morgan fingerprint density at radius 2 is 1.86 bits per heavy atom. The SMILES string of the molecule is CCOc1cc2[nH]c(Nc3c(Cl)ccc(Cl)c3F)nc2cc1C(=O)N[C@H]1CC[C@H](C(F)(F)F)CC1. The lowest BCUT2D eigenvalue weighted by molar-refractivity contribution is -0.182. The van der Waals surface area contributed by atoms with Gasteiger partial charge in [0.15, 0.2) is 5.82 Å². The van der Waals surface area contributed by atoms with Gasteiger partial charge in [0.25, 0.3) is 5.91 Å². The van der Waals surface area contributed by atoms with E-state index in [1.807, 2.05) is 0 Å². The van der Waals surface area contributed by atoms with Crippen LogP contribution in [0.1, 0.15) is 43.0 Å². The number of alkyl halides is 3. The van der Waals surface area contributed by atoms with Crippen molar-refractivity contribution >= 4 is 51.8 Å². The number of ether oxygens (including phenoxy) is 1. The Bertz CT molecular complexity index is 1240. The quantitative estimate of drug-likeness (QED) is 0.236. The number of benzene rings is 2. The zero-order chi connectivity index (χ0) is 25.3. The zero-order valence-corrected chi connectivity index (χ0v) is 20.0. The summed E-state index contributed by atoms with van der Waals surface area (Å²) in [5.41, 5.74) is 1.04. The third kappa shape index (κ3) is 5.59. The van der Waals surface area contributed by atoms with Crippen LogP contribution in [0.3, 0.4) is 0 Å². The van der Waals surface area contributed by atoms with Gasteiger partial charge in [0.05, 0.1) is 44.9 Å². The van der Waals surface area contributed by atoms with E-state index in [0.29, 0.717) is 11.0 Å². The van der Waals surface area contributed by atoms with Crippen molar-refractivity contribution in [3.63, 3.8) is 0 Å². The van der Waals surface area contributed by atoms with Crippen LogP contribution in [0.15, 0.2) is 24.3 Å². The van der Waals surface area contributed by atoms with Gasteiger partial charge in [-0.1, -0.05) is 23.2 Å². The molecule has 3 N–H and O–H groups in total. The summed E-state index contributed by atoms with van der Waals surface area (Å²) in [6.45, 7) is 2.04. The van der Waals surface area contributed by atoms with Crippen LogP contribution < -0.4 is 15.4 Å². The third-order valence-electron chi connectivity index (χ3n) is 5.94. The number of rotatable bonds is 6. The average Bonchev–Trinajstić information content (AvgIpc) is 3.20. The number of aromatic nitrogens is 2. The normalized spacial score (nSPS) is 18.5. The molecule has 0 unspecified atom stereocenters. The summed E-state index contributed by atoms with van der Waals surface area (Å²) >= 11 is 11.9. The molecule has 1 aromatic heterocycles. The molecule has 1 amide bonds. The van der Waals surface area contributed by atoms with E-state index >= 15 is 0 Å². The van der Waals surface area contributed by atoms with Gasteiger partial charge in [-0.05, 0) is 50.8 Å². The van der Waals surface area contributed by atoms with Crippen molar-refractivity contribution in [3.05, 3.63) is 45.7 Å². The lowest BCUT2D eigenvalue weighted by Crippen LogP contribution is -2.40. The second kappa shape index (κ2) is 10.1. The number of carbonyl (C=O) groups excluding carboxylic acids is 1. The minimum absolute atomic E-state index is 0.0250. The standard InChI is InChI=1S/C23H22Cl2F4N4O2/c1-2-35-18-10-17-16(31-22(32-17)33-20-15(25)8-7-14(24)19(20)26)9-13(18)21(34)30-12-5-3-11(4-6-12)23(27,28)29/h7-12H,2-6H2,1H3,(H,30,34)(H2,31,32,33)/t11-,12-. The first kappa shape index (κ1) is 25.4. The Hall–Kier alpha value is -2.72. The van der Waals surface area contributed by atoms with Crippen molar-refractivity contribution in [2.24, 2.45) is 5.92 Å². The van der Waals surface area contributed by atoms with E-state index < -0.39 is 23.8 Å². The number of nitrogens with zero attached hydrogens (tertiary/aromatic N) is 1. The Kier molecular flexibility index (Phi) is 7.32. The molecular formula is C23H22Cl2F4N4O2. The molecule has 4 rings (SSSR count). The van der Waals surface area contributed by atoms with Gasteiger partial charge in [0.2, 0.25) is 5.95 Å². The van der Waals surface area contributed by atoms with E-state index in [9.17, 15) is 22.4 Å². The highest BCUT2D eigenvalue weighted by Gasteiger charge is 2.41. The molecule has 188 valence electrons. The number of halogens is 6. The maximum atomic E-state index is 14.4. The second-order valence-corrected chi connectivity index (χ2v) is 9.11. The Balaban J connectivity index is 1.56. The fourth-order valence-electron chi connectivity index (χ4n) is 4.14. The first-order chi connectivity index (χ1) is 16.6. The van der Waals surface area contributed by atoms with Crippen LogP contribution in [0.4, 0.5) is 29.2 Å². The lowest BCUT2D eigenvalue weighted by Gasteiger charge is -2.30. The Morgan fingerprint density at radius 1 is 1.17 bits per heavy atom. The van der Waals surface area contributed by atoms with Gasteiger partial charge < -0.3 is 20.4 Å². The molecule has 0 spiro atoms. The van der Waals surface area contributed by atoms with E-state index in [-0.39, 0.29) is 71.3 Å². The largest absolute Gasteiger partial charge is 0.493 e. The van der Waals surface area contributed by atoms with Crippen LogP contribution in [0.2, 0.25) is 10.0 Å². The minimum Gasteiger partial charge on any atom is -0.493 e. The molecule has 1 aliphatic rings. The van der Waals surface area contributed by atoms with Gasteiger partial charge in [0, 0.05) is 12.1 Å². The van der Waals surface area contributed by atoms with Crippen molar-refractivity contribution in [1.82, 2.24) is 15.3 Å². The van der Waals surface area contributed by atoms with Gasteiger partial charge in [-0.15, -0.1) is 0 Å². The summed E-state index contributed by atoms with van der Waals surface area (Å²) in [4.78, 5) is 20.3. The Morgan fingerprint density at radius 3 is 2.51 bits per heavy atom. The number of nitrogens with one attached hydrogen (secondary N) is 3. The van der Waals surface area contributed by atoms with Crippen molar-refractivity contribution in [3.8, 4) is 5.75 Å². The fraction of sp³-hybridized carbons (Fsp3) is 0.391. The van der Waals surface area contributed by atoms with E-state index in [1.54, 1.807) is 13.0 Å². The molecular weight excluding hydrogens is 511 g/mol. The maximum absolute atomic E-state index is 14.4. The van der Waals surface area contributed by atoms with Gasteiger partial charge in [-0.2, -0.15) is 13.2 Å². The van der Waals surface area contributed by atoms with Crippen LogP contribution in [-0.4, -0.2) is 34.7 Å². The smallest absolute Gasteiger partial charge is 0.391 e. The minimum atomic E-state index is -4.22. The summed E-state index contributed by atoms with van der Waals surface area (Å²) in [6, 6.07) is 5.50. The molecule has 1 fully saturated rings. The molecule has 3 aromatic rings. The number of imidazole rings is 1. The number of amides is 1. The highest BCUT2D eigenvalue weighted by molar-refractivity contribution is 6.35. The number of fused-ring (bicyclic) bond motifs is 1. The number of hydrogen-bond acceptors (Lipinski definition) is 4. The molecule has 1 heterocycles. The summed E-state index contributed by atoms with van der Waals surface area (Å²) in [6.07, 6.45) is -3.78. The number of H-pyrrole nitrogens is 1. The van der Waals surface area contributed by atoms with Crippen molar-refractivity contribution in [1.29, 1.82) is 0 Å². The fourth-order valence-corrected chi connectivity index (χ4v) is 4.49. The predicted molar refractivity (Wildman–Crippen MR) is 126 cm³/mol. The van der Waals surface area contributed by atoms with Gasteiger partial charge in [-0.25, -0.2) is 9.37 Å². The van der Waals surface area contributed by atoms with Crippen LogP contribution in [0, 0.1) is 11.7 Å². The number of carbonyl (C=O) groups is 1. The maximum Gasteiger partial charge on any atom is 0.391 e. The molecule has 35 heavy (non-hydrogen) atoms. The summed E-state index contributed by atoms with van der Waals surface area (Å²) in [7, 11) is 0. The molecule has 6 nitrogen and oxygen atoms in total. The van der Waals surface area contributed by atoms with Crippen molar-refractivity contribution in [2.75, 3.05) is 11.9 Å². The molecule has 1 aliphatic carbocycles. The second-order valence-electron chi connectivity index (χ2n) is 8.29. The summed E-state index contributed by atoms with van der Waals surface area (Å²) in [5, 5.41) is 5.56. The monoisotopic (exact) mass is 532 g/mol. The average molecular weight is 533 g/mol. The number of anilines is 2. The number of aromatic amines is 1. The molecule has 1 saturated carbocycles. The molecule has 2 aromatic carbocycles. The molecule has 12 heteroatoms. The van der Waals surface area contributed by atoms with Crippen LogP contribution in [0.25, 0.3) is 11.0 Å². The molecule has 0 aliphatic heterocycles. The zero-order valence-electron chi connectivity index (χ0n) is 18.5. The van der Waals surface area contributed by atoms with E-state index in [4.69, 9.17) is 27.9 Å². The highest BCUT2D eigenvalue weighted by Crippen LogP contribution is 2.38. The van der Waals surface area contributed by atoms with Crippen LogP contribution >= 0.6 is 23.2 Å². The van der Waals surface area contributed by atoms with Gasteiger partial charge in [-0.3, -0.25) is 4.79 Å². The molecule has 0 atom stereocenters. The van der Waals surface area contributed by atoms with Crippen LogP contribution in [0.5, 0.6) is 5.75 Å². The first-order valence-electron chi connectivity index (χ1n) is 11.0. The third-order valence-corrected chi connectivity index (χ3v) is 6.55. The van der Waals surface area contributed by atoms with Crippen molar-refractivity contribution in [2.45, 2.75) is 44.8 Å². The van der Waals surface area contributed by atoms with E-state index in [2.05, 4.69) is 20.6 Å². The summed E-state index contributed by atoms with van der Waals surface area (Å²) < 4.78 is 58.8. The first-order valence-corrected chi connectivity index (χ1v) is 11.8. The highest BCUT2D eigenvalue weighted by atomic mass is 35.5. The van der Waals surface area contributed by atoms with E-state index in [1.165, 1.54) is 18.2 Å². The van der Waals surface area contributed by atoms with Crippen LogP contribution in [-0.2, 0) is 0 Å². The van der Waals surface area contributed by atoms with Crippen molar-refractivity contribution < 1.29 is 27.1 Å². The molecule has 0 saturated heterocycles.